The first kappa shape index (κ1) is 23.7. The Bertz CT molecular complexity index is 644. The number of unbranched alkanes of at least 4 members (excludes halogenated alkanes) is 10. The summed E-state index contributed by atoms with van der Waals surface area (Å²) in [6, 6.07) is 9.92. The van der Waals surface area contributed by atoms with Gasteiger partial charge >= 0.3 is 0 Å². The van der Waals surface area contributed by atoms with Crippen molar-refractivity contribution in [3.05, 3.63) is 35.9 Å². The van der Waals surface area contributed by atoms with Crippen molar-refractivity contribution in [1.82, 2.24) is 0 Å². The predicted octanol–water partition coefficient (Wildman–Crippen LogP) is 4.77. The first-order chi connectivity index (χ1) is 13.0. The zero-order valence-corrected chi connectivity index (χ0v) is 17.1. The Morgan fingerprint density at radius 2 is 1.33 bits per heavy atom. The van der Waals surface area contributed by atoms with E-state index in [2.05, 4.69) is 11.8 Å². The van der Waals surface area contributed by atoms with Crippen molar-refractivity contribution in [3.63, 3.8) is 0 Å². The largest absolute Gasteiger partial charge is 0.380 e. The summed E-state index contributed by atoms with van der Waals surface area (Å²) in [4.78, 5) is 0. The molecule has 27 heavy (non-hydrogen) atoms. The van der Waals surface area contributed by atoms with Crippen LogP contribution in [0.3, 0.4) is 0 Å². The molecule has 0 spiro atoms. The highest BCUT2D eigenvalue weighted by molar-refractivity contribution is 7.85. The van der Waals surface area contributed by atoms with Crippen LogP contribution in [0.25, 0.3) is 0 Å². The van der Waals surface area contributed by atoms with Crippen molar-refractivity contribution in [2.75, 3.05) is 5.75 Å². The molecule has 0 amide bonds. The molecule has 1 atom stereocenters. The van der Waals surface area contributed by atoms with Crippen molar-refractivity contribution in [2.24, 2.45) is 0 Å². The molecule has 4 nitrogen and oxygen atoms in total. The van der Waals surface area contributed by atoms with Gasteiger partial charge in [0.15, 0.2) is 0 Å². The Balaban J connectivity index is 1.88. The van der Waals surface area contributed by atoms with Crippen LogP contribution < -0.4 is 0 Å². The smallest absolute Gasteiger partial charge is 0.264 e. The molecule has 1 aromatic rings. The van der Waals surface area contributed by atoms with Gasteiger partial charge in [0.1, 0.15) is 6.10 Å². The standard InChI is InChI=1S/C22H34O4S/c23-22(20-21-16-12-11-13-17-21)18-14-9-7-5-3-1-2-4-6-8-10-15-19-27(24,25)26/h11-13,16-17,22-23H,1-10,15,19-20H2,(H,24,25,26). The van der Waals surface area contributed by atoms with Gasteiger partial charge in [0.05, 0.1) is 5.75 Å². The Kier molecular flexibility index (Phi) is 12.9. The van der Waals surface area contributed by atoms with E-state index in [9.17, 15) is 13.5 Å². The average molecular weight is 395 g/mol. The maximum Gasteiger partial charge on any atom is 0.264 e. The molecule has 0 aliphatic heterocycles. The van der Waals surface area contributed by atoms with Crippen LogP contribution in [-0.2, 0) is 16.5 Å². The highest BCUT2D eigenvalue weighted by Crippen LogP contribution is 2.11. The molecule has 0 heterocycles. The lowest BCUT2D eigenvalue weighted by atomic mass is 10.1. The molecule has 152 valence electrons. The summed E-state index contributed by atoms with van der Waals surface area (Å²) >= 11 is 0. The molecular weight excluding hydrogens is 360 g/mol. The fourth-order valence-electron chi connectivity index (χ4n) is 2.99. The summed E-state index contributed by atoms with van der Waals surface area (Å²) in [5.41, 5.74) is 1.11. The Hall–Kier alpha value is -1.35. The van der Waals surface area contributed by atoms with Crippen LogP contribution in [0, 0.1) is 11.8 Å². The van der Waals surface area contributed by atoms with E-state index in [4.69, 9.17) is 4.55 Å². The van der Waals surface area contributed by atoms with Gasteiger partial charge in [-0.05, 0) is 18.4 Å². The molecule has 2 N–H and O–H groups in total. The Morgan fingerprint density at radius 1 is 0.815 bits per heavy atom. The first-order valence-corrected chi connectivity index (χ1v) is 11.7. The molecule has 0 aliphatic rings. The maximum absolute atomic E-state index is 10.6. The maximum atomic E-state index is 10.6. The highest BCUT2D eigenvalue weighted by atomic mass is 32.2. The number of aliphatic hydroxyl groups excluding tert-OH is 1. The van der Waals surface area contributed by atoms with Crippen molar-refractivity contribution in [1.29, 1.82) is 0 Å². The zero-order valence-electron chi connectivity index (χ0n) is 16.3. The molecule has 1 aromatic carbocycles. The third kappa shape index (κ3) is 15.4. The Labute approximate surface area is 165 Å². The van der Waals surface area contributed by atoms with E-state index in [0.717, 1.165) is 37.7 Å². The minimum Gasteiger partial charge on any atom is -0.380 e. The summed E-state index contributed by atoms with van der Waals surface area (Å²) in [7, 11) is -3.78. The molecule has 5 heteroatoms. The van der Waals surface area contributed by atoms with Gasteiger partial charge < -0.3 is 5.11 Å². The van der Waals surface area contributed by atoms with E-state index in [1.54, 1.807) is 0 Å². The summed E-state index contributed by atoms with van der Waals surface area (Å²) in [5.74, 6) is 5.90. The average Bonchev–Trinajstić information content (AvgIpc) is 2.62. The fourth-order valence-corrected chi connectivity index (χ4v) is 3.56. The van der Waals surface area contributed by atoms with Gasteiger partial charge in [0, 0.05) is 12.8 Å². The minimum absolute atomic E-state index is 0.112. The van der Waals surface area contributed by atoms with Gasteiger partial charge in [-0.25, -0.2) is 0 Å². The van der Waals surface area contributed by atoms with Gasteiger partial charge in [-0.3, -0.25) is 4.55 Å². The summed E-state index contributed by atoms with van der Waals surface area (Å²) in [6.45, 7) is 0. The van der Waals surface area contributed by atoms with Crippen LogP contribution in [0.1, 0.15) is 76.2 Å². The quantitative estimate of drug-likeness (QED) is 0.271. The van der Waals surface area contributed by atoms with E-state index in [-0.39, 0.29) is 5.75 Å². The lowest BCUT2D eigenvalue weighted by Gasteiger charge is -2.03. The SMILES string of the molecule is O=S(=O)(O)CCCCCCCCCCCCC#CC(O)Cc1ccccc1. The zero-order chi connectivity index (χ0) is 19.8. The lowest BCUT2D eigenvalue weighted by molar-refractivity contribution is 0.233. The normalized spacial score (nSPS) is 12.4. The van der Waals surface area contributed by atoms with Gasteiger partial charge in [0.2, 0.25) is 0 Å². The number of aliphatic hydroxyl groups is 1. The van der Waals surface area contributed by atoms with Gasteiger partial charge in [-0.2, -0.15) is 8.42 Å². The molecule has 0 saturated carbocycles. The van der Waals surface area contributed by atoms with Crippen molar-refractivity contribution < 1.29 is 18.1 Å². The molecule has 0 bridgehead atoms. The first-order valence-electron chi connectivity index (χ1n) is 10.1. The number of hydrogen-bond donors (Lipinski definition) is 2. The van der Waals surface area contributed by atoms with Crippen LogP contribution in [0.15, 0.2) is 30.3 Å². The predicted molar refractivity (Wildman–Crippen MR) is 111 cm³/mol. The van der Waals surface area contributed by atoms with E-state index >= 15 is 0 Å². The minimum atomic E-state index is -3.78. The molecule has 0 fully saturated rings. The topological polar surface area (TPSA) is 74.6 Å². The second-order valence-corrected chi connectivity index (χ2v) is 8.67. The number of hydrogen-bond acceptors (Lipinski definition) is 3. The third-order valence-electron chi connectivity index (χ3n) is 4.49. The summed E-state index contributed by atoms with van der Waals surface area (Å²) in [5, 5.41) is 9.90. The lowest BCUT2D eigenvalue weighted by Crippen LogP contribution is -2.06. The summed E-state index contributed by atoms with van der Waals surface area (Å²) in [6.07, 6.45) is 11.6. The van der Waals surface area contributed by atoms with E-state index < -0.39 is 16.2 Å². The van der Waals surface area contributed by atoms with Crippen molar-refractivity contribution >= 4 is 10.1 Å². The van der Waals surface area contributed by atoms with Crippen molar-refractivity contribution in [3.8, 4) is 11.8 Å². The van der Waals surface area contributed by atoms with Crippen LogP contribution in [0.2, 0.25) is 0 Å². The van der Waals surface area contributed by atoms with Crippen LogP contribution >= 0.6 is 0 Å². The van der Waals surface area contributed by atoms with Gasteiger partial charge in [0.25, 0.3) is 10.1 Å². The number of rotatable bonds is 14. The molecule has 1 unspecified atom stereocenters. The van der Waals surface area contributed by atoms with Crippen LogP contribution in [-0.4, -0.2) is 29.9 Å². The molecule has 0 aliphatic carbocycles. The molecule has 0 radical (unpaired) electrons. The monoisotopic (exact) mass is 394 g/mol. The van der Waals surface area contributed by atoms with Crippen molar-refractivity contribution in [2.45, 2.75) is 83.2 Å². The van der Waals surface area contributed by atoms with Crippen LogP contribution in [0.4, 0.5) is 0 Å². The summed E-state index contributed by atoms with van der Waals surface area (Å²) < 4.78 is 29.8. The second-order valence-electron chi connectivity index (χ2n) is 7.10. The van der Waals surface area contributed by atoms with Crippen LogP contribution in [0.5, 0.6) is 0 Å². The van der Waals surface area contributed by atoms with Gasteiger partial charge in [-0.1, -0.05) is 87.6 Å². The fraction of sp³-hybridized carbons (Fsp3) is 0.636. The number of benzene rings is 1. The van der Waals surface area contributed by atoms with E-state index in [1.807, 2.05) is 30.3 Å². The Morgan fingerprint density at radius 3 is 1.89 bits per heavy atom. The molecular formula is C22H34O4S. The highest BCUT2D eigenvalue weighted by Gasteiger charge is 2.03. The third-order valence-corrected chi connectivity index (χ3v) is 5.30. The van der Waals surface area contributed by atoms with E-state index in [1.165, 1.54) is 32.1 Å². The van der Waals surface area contributed by atoms with E-state index in [0.29, 0.717) is 12.8 Å². The molecule has 0 saturated heterocycles. The molecule has 1 rings (SSSR count). The van der Waals surface area contributed by atoms with Gasteiger partial charge in [-0.15, -0.1) is 5.92 Å². The molecule has 0 aromatic heterocycles. The second kappa shape index (κ2) is 14.7.